The van der Waals surface area contributed by atoms with Gasteiger partial charge in [0.15, 0.2) is 0 Å². The van der Waals surface area contributed by atoms with Crippen molar-refractivity contribution in [1.29, 1.82) is 0 Å². The van der Waals surface area contributed by atoms with E-state index in [-0.39, 0.29) is 5.91 Å². The Balaban J connectivity index is 2.47. The van der Waals surface area contributed by atoms with E-state index in [2.05, 4.69) is 19.2 Å². The standard InChI is InChI=1S/C14H21NO2/c1-11(2)7-6-10-15-14(16)12-8-4-5-9-13(12)17-3/h4-5,8-9,11H,6-7,10H2,1-3H3,(H,15,16). The molecule has 1 amide bonds. The first-order valence-corrected chi connectivity index (χ1v) is 6.06. The van der Waals surface area contributed by atoms with Crippen molar-refractivity contribution < 1.29 is 9.53 Å². The second-order valence-electron chi connectivity index (χ2n) is 4.49. The van der Waals surface area contributed by atoms with E-state index in [4.69, 9.17) is 4.74 Å². The molecule has 0 heterocycles. The van der Waals surface area contributed by atoms with Crippen LogP contribution in [0.15, 0.2) is 24.3 Å². The fourth-order valence-corrected chi connectivity index (χ4v) is 1.64. The maximum Gasteiger partial charge on any atom is 0.255 e. The third-order valence-electron chi connectivity index (χ3n) is 2.60. The molecular formula is C14H21NO2. The molecule has 0 spiro atoms. The summed E-state index contributed by atoms with van der Waals surface area (Å²) in [5, 5.41) is 2.91. The van der Waals surface area contributed by atoms with Gasteiger partial charge in [0.2, 0.25) is 0 Å². The predicted molar refractivity (Wildman–Crippen MR) is 69.4 cm³/mol. The van der Waals surface area contributed by atoms with E-state index in [1.807, 2.05) is 12.1 Å². The second kappa shape index (κ2) is 6.94. The van der Waals surface area contributed by atoms with Crippen LogP contribution < -0.4 is 10.1 Å². The van der Waals surface area contributed by atoms with Crippen LogP contribution in [-0.4, -0.2) is 19.6 Å². The van der Waals surface area contributed by atoms with E-state index in [9.17, 15) is 4.79 Å². The van der Waals surface area contributed by atoms with Crippen LogP contribution in [-0.2, 0) is 0 Å². The van der Waals surface area contributed by atoms with Gasteiger partial charge in [-0.3, -0.25) is 4.79 Å². The zero-order valence-electron chi connectivity index (χ0n) is 10.8. The van der Waals surface area contributed by atoms with Gasteiger partial charge in [0.05, 0.1) is 12.7 Å². The first-order valence-electron chi connectivity index (χ1n) is 6.06. The summed E-state index contributed by atoms with van der Waals surface area (Å²) in [6.45, 7) is 5.08. The number of ether oxygens (including phenoxy) is 1. The Hall–Kier alpha value is -1.51. The Bertz CT molecular complexity index is 361. The normalized spacial score (nSPS) is 10.4. The number of nitrogens with one attached hydrogen (secondary N) is 1. The number of methoxy groups -OCH3 is 1. The maximum absolute atomic E-state index is 11.9. The first-order chi connectivity index (χ1) is 8.15. The summed E-state index contributed by atoms with van der Waals surface area (Å²) >= 11 is 0. The number of hydrogen-bond donors (Lipinski definition) is 1. The fraction of sp³-hybridized carbons (Fsp3) is 0.500. The summed E-state index contributed by atoms with van der Waals surface area (Å²) in [7, 11) is 1.57. The number of benzene rings is 1. The molecule has 1 N–H and O–H groups in total. The number of rotatable bonds is 6. The average molecular weight is 235 g/mol. The molecule has 1 aromatic carbocycles. The number of hydrogen-bond acceptors (Lipinski definition) is 2. The molecule has 3 nitrogen and oxygen atoms in total. The molecule has 0 aromatic heterocycles. The van der Waals surface area contributed by atoms with Crippen LogP contribution in [0.2, 0.25) is 0 Å². The van der Waals surface area contributed by atoms with Crippen molar-refractivity contribution in [3.8, 4) is 5.75 Å². The lowest BCUT2D eigenvalue weighted by atomic mass is 10.1. The molecule has 0 saturated heterocycles. The Kier molecular flexibility index (Phi) is 5.53. The molecule has 3 heteroatoms. The van der Waals surface area contributed by atoms with Gasteiger partial charge in [-0.05, 0) is 30.9 Å². The monoisotopic (exact) mass is 235 g/mol. The van der Waals surface area contributed by atoms with Gasteiger partial charge < -0.3 is 10.1 Å². The van der Waals surface area contributed by atoms with E-state index < -0.39 is 0 Å². The Morgan fingerprint density at radius 1 is 1.35 bits per heavy atom. The second-order valence-corrected chi connectivity index (χ2v) is 4.49. The summed E-state index contributed by atoms with van der Waals surface area (Å²) < 4.78 is 5.15. The molecule has 1 aromatic rings. The number of para-hydroxylation sites is 1. The third kappa shape index (κ3) is 4.47. The van der Waals surface area contributed by atoms with Crippen molar-refractivity contribution in [2.75, 3.05) is 13.7 Å². The molecule has 0 fully saturated rings. The van der Waals surface area contributed by atoms with E-state index in [0.717, 1.165) is 19.4 Å². The first kappa shape index (κ1) is 13.6. The SMILES string of the molecule is COc1ccccc1C(=O)NCCCC(C)C. The highest BCUT2D eigenvalue weighted by Crippen LogP contribution is 2.16. The minimum atomic E-state index is -0.0637. The van der Waals surface area contributed by atoms with Gasteiger partial charge in [-0.2, -0.15) is 0 Å². The van der Waals surface area contributed by atoms with Crippen molar-refractivity contribution >= 4 is 5.91 Å². The van der Waals surface area contributed by atoms with E-state index >= 15 is 0 Å². The van der Waals surface area contributed by atoms with E-state index in [0.29, 0.717) is 17.2 Å². The van der Waals surface area contributed by atoms with E-state index in [1.54, 1.807) is 19.2 Å². The third-order valence-corrected chi connectivity index (χ3v) is 2.60. The number of carbonyl (C=O) groups is 1. The summed E-state index contributed by atoms with van der Waals surface area (Å²) in [5.74, 6) is 1.23. The minimum absolute atomic E-state index is 0.0637. The Morgan fingerprint density at radius 2 is 2.06 bits per heavy atom. The topological polar surface area (TPSA) is 38.3 Å². The molecule has 0 atom stereocenters. The quantitative estimate of drug-likeness (QED) is 0.770. The number of amides is 1. The van der Waals surface area contributed by atoms with Crippen LogP contribution >= 0.6 is 0 Å². The minimum Gasteiger partial charge on any atom is -0.496 e. The van der Waals surface area contributed by atoms with Crippen molar-refractivity contribution in [3.63, 3.8) is 0 Å². The van der Waals surface area contributed by atoms with Crippen LogP contribution in [0.25, 0.3) is 0 Å². The largest absolute Gasteiger partial charge is 0.496 e. The summed E-state index contributed by atoms with van der Waals surface area (Å²) in [5.41, 5.74) is 0.597. The zero-order valence-corrected chi connectivity index (χ0v) is 10.8. The van der Waals surface area contributed by atoms with Crippen molar-refractivity contribution in [2.45, 2.75) is 26.7 Å². The Labute approximate surface area is 103 Å². The summed E-state index contributed by atoms with van der Waals surface area (Å²) in [6, 6.07) is 7.26. The molecule has 17 heavy (non-hydrogen) atoms. The van der Waals surface area contributed by atoms with Gasteiger partial charge in [0, 0.05) is 6.54 Å². The smallest absolute Gasteiger partial charge is 0.255 e. The molecular weight excluding hydrogens is 214 g/mol. The van der Waals surface area contributed by atoms with Crippen molar-refractivity contribution in [2.24, 2.45) is 5.92 Å². The van der Waals surface area contributed by atoms with Gasteiger partial charge in [-0.25, -0.2) is 0 Å². The molecule has 1 rings (SSSR count). The van der Waals surface area contributed by atoms with Crippen LogP contribution in [0.4, 0.5) is 0 Å². The molecule has 0 aliphatic carbocycles. The number of carbonyl (C=O) groups excluding carboxylic acids is 1. The van der Waals surface area contributed by atoms with Crippen molar-refractivity contribution in [1.82, 2.24) is 5.32 Å². The highest BCUT2D eigenvalue weighted by molar-refractivity contribution is 5.96. The van der Waals surface area contributed by atoms with Gasteiger partial charge in [0.1, 0.15) is 5.75 Å². The molecule has 94 valence electrons. The van der Waals surface area contributed by atoms with Gasteiger partial charge in [0.25, 0.3) is 5.91 Å². The van der Waals surface area contributed by atoms with Gasteiger partial charge in [-0.15, -0.1) is 0 Å². The molecule has 0 bridgehead atoms. The molecule has 0 radical (unpaired) electrons. The van der Waals surface area contributed by atoms with Gasteiger partial charge >= 0.3 is 0 Å². The molecule has 0 aliphatic rings. The lowest BCUT2D eigenvalue weighted by molar-refractivity contribution is 0.0949. The average Bonchev–Trinajstić information content (AvgIpc) is 2.34. The van der Waals surface area contributed by atoms with Crippen LogP contribution in [0.1, 0.15) is 37.0 Å². The Morgan fingerprint density at radius 3 is 2.71 bits per heavy atom. The zero-order chi connectivity index (χ0) is 12.7. The highest BCUT2D eigenvalue weighted by Gasteiger charge is 2.10. The fourth-order valence-electron chi connectivity index (χ4n) is 1.64. The maximum atomic E-state index is 11.9. The molecule has 0 saturated carbocycles. The van der Waals surface area contributed by atoms with Crippen LogP contribution in [0.3, 0.4) is 0 Å². The molecule has 0 unspecified atom stereocenters. The molecule has 0 aliphatic heterocycles. The summed E-state index contributed by atoms with van der Waals surface area (Å²) in [6.07, 6.45) is 2.14. The summed E-state index contributed by atoms with van der Waals surface area (Å²) in [4.78, 5) is 11.9. The lowest BCUT2D eigenvalue weighted by Gasteiger charge is -2.09. The van der Waals surface area contributed by atoms with Crippen LogP contribution in [0.5, 0.6) is 5.75 Å². The van der Waals surface area contributed by atoms with Crippen molar-refractivity contribution in [3.05, 3.63) is 29.8 Å². The van der Waals surface area contributed by atoms with Crippen LogP contribution in [0, 0.1) is 5.92 Å². The van der Waals surface area contributed by atoms with E-state index in [1.165, 1.54) is 0 Å². The predicted octanol–water partition coefficient (Wildman–Crippen LogP) is 2.86. The highest BCUT2D eigenvalue weighted by atomic mass is 16.5. The van der Waals surface area contributed by atoms with Gasteiger partial charge in [-0.1, -0.05) is 26.0 Å². The lowest BCUT2D eigenvalue weighted by Crippen LogP contribution is -2.25.